The highest BCUT2D eigenvalue weighted by molar-refractivity contribution is 5.94. The van der Waals surface area contributed by atoms with Crippen LogP contribution in [0.1, 0.15) is 10.5 Å². The minimum atomic E-state index is -0.742. The lowest BCUT2D eigenvalue weighted by Crippen LogP contribution is -2.05. The van der Waals surface area contributed by atoms with Gasteiger partial charge in [-0.3, -0.25) is 0 Å². The summed E-state index contributed by atoms with van der Waals surface area (Å²) in [5.74, 6) is -1.45. The predicted octanol–water partition coefficient (Wildman–Crippen LogP) is 1.87. The molecule has 0 bridgehead atoms. The molecule has 5 nitrogen and oxygen atoms in total. The van der Waals surface area contributed by atoms with Crippen molar-refractivity contribution in [2.75, 3.05) is 14.2 Å². The van der Waals surface area contributed by atoms with E-state index in [4.69, 9.17) is 4.74 Å². The van der Waals surface area contributed by atoms with E-state index in [-0.39, 0.29) is 28.1 Å². The molecule has 6 heteroatoms. The van der Waals surface area contributed by atoms with Crippen LogP contribution in [0.3, 0.4) is 0 Å². The van der Waals surface area contributed by atoms with Crippen LogP contribution in [-0.4, -0.2) is 30.3 Å². The molecule has 0 atom stereocenters. The van der Waals surface area contributed by atoms with Crippen molar-refractivity contribution in [3.05, 3.63) is 29.7 Å². The van der Waals surface area contributed by atoms with Crippen LogP contribution >= 0.6 is 0 Å². The first-order valence-electron chi connectivity index (χ1n) is 5.02. The highest BCUT2D eigenvalue weighted by Gasteiger charge is 2.16. The normalized spacial score (nSPS) is 10.4. The Labute approximate surface area is 102 Å². The van der Waals surface area contributed by atoms with Crippen molar-refractivity contribution in [3.8, 4) is 11.5 Å². The van der Waals surface area contributed by atoms with Crippen molar-refractivity contribution in [3.63, 3.8) is 0 Å². The first-order chi connectivity index (χ1) is 8.56. The number of esters is 1. The number of ether oxygens (including phenoxy) is 2. The van der Waals surface area contributed by atoms with Crippen molar-refractivity contribution in [2.24, 2.45) is 0 Å². The molecule has 1 aromatic heterocycles. The Balaban J connectivity index is 2.79. The van der Waals surface area contributed by atoms with Gasteiger partial charge in [0.25, 0.3) is 0 Å². The quantitative estimate of drug-likeness (QED) is 0.825. The van der Waals surface area contributed by atoms with E-state index in [1.807, 2.05) is 0 Å². The summed E-state index contributed by atoms with van der Waals surface area (Å²) >= 11 is 0. The molecule has 0 aliphatic rings. The maximum atomic E-state index is 13.7. The highest BCUT2D eigenvalue weighted by atomic mass is 19.1. The molecule has 0 spiro atoms. The lowest BCUT2D eigenvalue weighted by Gasteiger charge is -2.08. The zero-order valence-corrected chi connectivity index (χ0v) is 9.73. The van der Waals surface area contributed by atoms with Gasteiger partial charge >= 0.3 is 5.97 Å². The number of hydrogen-bond donors (Lipinski definition) is 1. The van der Waals surface area contributed by atoms with Gasteiger partial charge in [0, 0.05) is 17.5 Å². The Morgan fingerprint density at radius 3 is 2.67 bits per heavy atom. The van der Waals surface area contributed by atoms with E-state index < -0.39 is 11.8 Å². The molecule has 0 saturated heterocycles. The molecule has 0 unspecified atom stereocenters. The van der Waals surface area contributed by atoms with Crippen molar-refractivity contribution in [1.29, 1.82) is 0 Å². The van der Waals surface area contributed by atoms with Crippen LogP contribution in [0.2, 0.25) is 0 Å². The first-order valence-corrected chi connectivity index (χ1v) is 5.02. The topological polar surface area (TPSA) is 68.7 Å². The van der Waals surface area contributed by atoms with Gasteiger partial charge in [-0.25, -0.2) is 14.2 Å². The van der Waals surface area contributed by atoms with Crippen LogP contribution in [0.25, 0.3) is 10.9 Å². The summed E-state index contributed by atoms with van der Waals surface area (Å²) in [4.78, 5) is 15.2. The summed E-state index contributed by atoms with van der Waals surface area (Å²) in [6.45, 7) is 0. The Morgan fingerprint density at radius 1 is 1.33 bits per heavy atom. The Kier molecular flexibility index (Phi) is 3.01. The molecule has 0 saturated carbocycles. The summed E-state index contributed by atoms with van der Waals surface area (Å²) in [6.07, 6.45) is 0. The number of aromatic hydroxyl groups is 1. The summed E-state index contributed by atoms with van der Waals surface area (Å²) < 4.78 is 23.2. The number of pyridine rings is 1. The second-order valence-electron chi connectivity index (χ2n) is 3.53. The standard InChI is InChI=1S/C12H10FNO4/c1-17-10-5-9(12(16)18-2)14-11-7(10)3-6(15)4-8(11)13/h3-5,15H,1-2H3. The van der Waals surface area contributed by atoms with E-state index in [2.05, 4.69) is 9.72 Å². The van der Waals surface area contributed by atoms with E-state index >= 15 is 0 Å². The second-order valence-corrected chi connectivity index (χ2v) is 3.53. The number of fused-ring (bicyclic) bond motifs is 1. The average Bonchev–Trinajstić information content (AvgIpc) is 2.36. The van der Waals surface area contributed by atoms with Gasteiger partial charge in [-0.15, -0.1) is 0 Å². The fourth-order valence-electron chi connectivity index (χ4n) is 1.62. The largest absolute Gasteiger partial charge is 0.508 e. The van der Waals surface area contributed by atoms with Gasteiger partial charge < -0.3 is 14.6 Å². The second kappa shape index (κ2) is 4.48. The summed E-state index contributed by atoms with van der Waals surface area (Å²) in [5, 5.41) is 9.62. The maximum absolute atomic E-state index is 13.7. The predicted molar refractivity (Wildman–Crippen MR) is 61.3 cm³/mol. The SMILES string of the molecule is COC(=O)c1cc(OC)c2cc(O)cc(F)c2n1. The number of rotatable bonds is 2. The Bertz CT molecular complexity index is 627. The molecule has 0 radical (unpaired) electrons. The zero-order chi connectivity index (χ0) is 13.3. The summed E-state index contributed by atoms with van der Waals surface area (Å²) in [6, 6.07) is 3.55. The third kappa shape index (κ3) is 1.92. The molecule has 94 valence electrons. The minimum absolute atomic E-state index is 0.0625. The highest BCUT2D eigenvalue weighted by Crippen LogP contribution is 2.30. The lowest BCUT2D eigenvalue weighted by atomic mass is 10.1. The Morgan fingerprint density at radius 2 is 2.06 bits per heavy atom. The third-order valence-corrected chi connectivity index (χ3v) is 2.43. The van der Waals surface area contributed by atoms with Crippen LogP contribution in [0.5, 0.6) is 11.5 Å². The number of benzene rings is 1. The van der Waals surface area contributed by atoms with Crippen molar-refractivity contribution < 1.29 is 23.8 Å². The van der Waals surface area contributed by atoms with E-state index in [1.54, 1.807) is 0 Å². The molecule has 18 heavy (non-hydrogen) atoms. The fraction of sp³-hybridized carbons (Fsp3) is 0.167. The molecule has 2 rings (SSSR count). The van der Waals surface area contributed by atoms with Crippen molar-refractivity contribution in [2.45, 2.75) is 0 Å². The molecule has 0 aliphatic heterocycles. The number of carbonyl (C=O) groups excluding carboxylic acids is 1. The number of phenols is 1. The first kappa shape index (κ1) is 12.1. The van der Waals surface area contributed by atoms with Gasteiger partial charge in [0.15, 0.2) is 11.5 Å². The van der Waals surface area contributed by atoms with Crippen LogP contribution in [-0.2, 0) is 4.74 Å². The van der Waals surface area contributed by atoms with E-state index in [9.17, 15) is 14.3 Å². The zero-order valence-electron chi connectivity index (χ0n) is 9.73. The number of nitrogens with zero attached hydrogens (tertiary/aromatic N) is 1. The third-order valence-electron chi connectivity index (χ3n) is 2.43. The lowest BCUT2D eigenvalue weighted by molar-refractivity contribution is 0.0594. The van der Waals surface area contributed by atoms with Gasteiger partial charge in [0.2, 0.25) is 0 Å². The van der Waals surface area contributed by atoms with Crippen molar-refractivity contribution in [1.82, 2.24) is 4.98 Å². The number of methoxy groups -OCH3 is 2. The molecular formula is C12H10FNO4. The number of carbonyl (C=O) groups is 1. The molecule has 2 aromatic rings. The monoisotopic (exact) mass is 251 g/mol. The molecule has 1 heterocycles. The van der Waals surface area contributed by atoms with Crippen LogP contribution in [0, 0.1) is 5.82 Å². The number of aromatic nitrogens is 1. The summed E-state index contributed by atoms with van der Waals surface area (Å²) in [5.41, 5.74) is -0.126. The van der Waals surface area contributed by atoms with Gasteiger partial charge in [-0.1, -0.05) is 0 Å². The van der Waals surface area contributed by atoms with E-state index in [0.717, 1.165) is 6.07 Å². The van der Waals surface area contributed by atoms with Gasteiger partial charge in [0.05, 0.1) is 14.2 Å². The summed E-state index contributed by atoms with van der Waals surface area (Å²) in [7, 11) is 2.58. The fourth-order valence-corrected chi connectivity index (χ4v) is 1.62. The maximum Gasteiger partial charge on any atom is 0.356 e. The Hall–Kier alpha value is -2.37. The van der Waals surface area contributed by atoms with Gasteiger partial charge in [-0.2, -0.15) is 0 Å². The molecule has 1 aromatic carbocycles. The minimum Gasteiger partial charge on any atom is -0.508 e. The number of hydrogen-bond acceptors (Lipinski definition) is 5. The van der Waals surface area contributed by atoms with Crippen LogP contribution < -0.4 is 4.74 Å². The van der Waals surface area contributed by atoms with Gasteiger partial charge in [0.1, 0.15) is 17.0 Å². The number of halogens is 1. The molecule has 0 amide bonds. The molecule has 0 aliphatic carbocycles. The van der Waals surface area contributed by atoms with Crippen LogP contribution in [0.4, 0.5) is 4.39 Å². The molecular weight excluding hydrogens is 241 g/mol. The smallest absolute Gasteiger partial charge is 0.356 e. The molecule has 0 fully saturated rings. The van der Waals surface area contributed by atoms with Crippen molar-refractivity contribution >= 4 is 16.9 Å². The molecule has 1 N–H and O–H groups in total. The van der Waals surface area contributed by atoms with E-state index in [1.165, 1.54) is 26.4 Å². The average molecular weight is 251 g/mol. The van der Waals surface area contributed by atoms with E-state index in [0.29, 0.717) is 0 Å². The number of phenolic OH excluding ortho intramolecular Hbond substituents is 1. The van der Waals surface area contributed by atoms with Crippen LogP contribution in [0.15, 0.2) is 18.2 Å². The van der Waals surface area contributed by atoms with Gasteiger partial charge in [-0.05, 0) is 6.07 Å².